The van der Waals surface area contributed by atoms with Gasteiger partial charge in [0, 0.05) is 19.3 Å². The molecular weight excluding hydrogens is 288 g/mol. The average molecular weight is 308 g/mol. The maximum Gasteiger partial charge on any atom is 0.427 e. The van der Waals surface area contributed by atoms with E-state index in [1.54, 1.807) is 6.07 Å². The number of ether oxygens (including phenoxy) is 1. The number of aromatic nitrogens is 2. The van der Waals surface area contributed by atoms with Gasteiger partial charge in [0.25, 0.3) is 0 Å². The van der Waals surface area contributed by atoms with Gasteiger partial charge < -0.3 is 14.6 Å². The van der Waals surface area contributed by atoms with Crippen LogP contribution >= 0.6 is 0 Å². The minimum Gasteiger partial charge on any atom is -0.548 e. The molecule has 1 aromatic heterocycles. The summed E-state index contributed by atoms with van der Waals surface area (Å²) in [5.74, 6) is -0.755. The van der Waals surface area contributed by atoms with Crippen LogP contribution in [0.5, 0.6) is 5.88 Å². The summed E-state index contributed by atoms with van der Waals surface area (Å²) in [6.07, 6.45) is 1.49. The quantitative estimate of drug-likeness (QED) is 0.716. The van der Waals surface area contributed by atoms with Crippen molar-refractivity contribution in [3.05, 3.63) is 12.3 Å². The van der Waals surface area contributed by atoms with Gasteiger partial charge in [0.15, 0.2) is 0 Å². The molecule has 2 atom stereocenters. The third kappa shape index (κ3) is 2.19. The summed E-state index contributed by atoms with van der Waals surface area (Å²) >= 11 is 0. The molecule has 0 N–H and O–H groups in total. The van der Waals surface area contributed by atoms with Gasteiger partial charge in [-0.1, -0.05) is 0 Å². The summed E-state index contributed by atoms with van der Waals surface area (Å²) in [4.78, 5) is 33.9. The number of urea groups is 1. The van der Waals surface area contributed by atoms with E-state index < -0.39 is 17.6 Å². The molecule has 0 aliphatic carbocycles. The second-order valence-corrected chi connectivity index (χ2v) is 6.29. The molecule has 2 rings (SSSR count). The Bertz CT molecular complexity index is 613. The van der Waals surface area contributed by atoms with Crippen LogP contribution in [0.3, 0.4) is 0 Å². The zero-order valence-electron chi connectivity index (χ0n) is 13.4. The summed E-state index contributed by atoms with van der Waals surface area (Å²) in [7, 11) is 2.92. The predicted octanol–water partition coefficient (Wildman–Crippen LogP) is -0.225. The second kappa shape index (κ2) is 5.20. The van der Waals surface area contributed by atoms with Crippen molar-refractivity contribution in [1.29, 1.82) is 0 Å². The number of methoxy groups -OCH3 is 1. The molecule has 2 unspecified atom stereocenters. The van der Waals surface area contributed by atoms with Gasteiger partial charge >= 0.3 is 12.0 Å². The van der Waals surface area contributed by atoms with E-state index in [2.05, 4.69) is 9.97 Å². The summed E-state index contributed by atoms with van der Waals surface area (Å²) in [6, 6.07) is 0.167. The largest absolute Gasteiger partial charge is 0.548 e. The van der Waals surface area contributed by atoms with Crippen molar-refractivity contribution in [3.8, 4) is 5.88 Å². The van der Waals surface area contributed by atoms with Crippen LogP contribution < -0.4 is 14.3 Å². The number of carboxylic acid groups (broad SMARTS) is 1. The van der Waals surface area contributed by atoms with Crippen LogP contribution in [-0.4, -0.2) is 59.2 Å². The Kier molecular flexibility index (Phi) is 3.82. The highest BCUT2D eigenvalue weighted by Crippen LogP contribution is 2.37. The van der Waals surface area contributed by atoms with Gasteiger partial charge in [-0.15, -0.1) is 4.98 Å². The molecule has 2 heterocycles. The first-order valence-electron chi connectivity index (χ1n) is 6.89. The van der Waals surface area contributed by atoms with Gasteiger partial charge in [0.1, 0.15) is 18.1 Å². The van der Waals surface area contributed by atoms with E-state index in [0.29, 0.717) is 5.88 Å². The number of aliphatic carboxylic acids is 1. The maximum absolute atomic E-state index is 12.9. The van der Waals surface area contributed by atoms with Crippen molar-refractivity contribution in [1.82, 2.24) is 19.4 Å². The van der Waals surface area contributed by atoms with Crippen LogP contribution in [0.25, 0.3) is 0 Å². The Morgan fingerprint density at radius 1 is 1.50 bits per heavy atom. The van der Waals surface area contributed by atoms with E-state index in [0.717, 1.165) is 0 Å². The lowest BCUT2D eigenvalue weighted by Crippen LogP contribution is -2.64. The van der Waals surface area contributed by atoms with Crippen LogP contribution in [-0.2, 0) is 4.79 Å². The van der Waals surface area contributed by atoms with Gasteiger partial charge in [-0.2, -0.15) is 9.47 Å². The standard InChI is InChI=1S/C14H20N4O4/c1-14(2,3)18(12-15-7-6-10(16-12)22-5)8-9(11(19)20)17(4)13(18)21/h6-7,9H,8H2,1-5H3. The van der Waals surface area contributed by atoms with E-state index in [1.807, 2.05) is 20.8 Å². The fourth-order valence-electron chi connectivity index (χ4n) is 2.75. The monoisotopic (exact) mass is 308 g/mol. The molecule has 1 aliphatic rings. The molecule has 120 valence electrons. The van der Waals surface area contributed by atoms with Crippen molar-refractivity contribution in [2.24, 2.45) is 0 Å². The maximum atomic E-state index is 12.9. The second-order valence-electron chi connectivity index (χ2n) is 6.29. The first-order chi connectivity index (χ1) is 10.1. The molecule has 8 heteroatoms. The van der Waals surface area contributed by atoms with Crippen molar-refractivity contribution in [2.75, 3.05) is 20.7 Å². The molecule has 1 aromatic rings. The molecule has 1 saturated heterocycles. The van der Waals surface area contributed by atoms with Crippen molar-refractivity contribution in [3.63, 3.8) is 0 Å². The number of hydrogen-bond acceptors (Lipinski definition) is 6. The molecule has 2 amide bonds. The molecule has 1 aliphatic heterocycles. The minimum absolute atomic E-state index is 0.00827. The lowest BCUT2D eigenvalue weighted by molar-refractivity contribution is -0.309. The summed E-state index contributed by atoms with van der Waals surface area (Å²) in [6.45, 7) is 5.55. The van der Waals surface area contributed by atoms with Gasteiger partial charge in [-0.25, -0.2) is 4.79 Å². The zero-order chi connectivity index (χ0) is 16.7. The Hall–Kier alpha value is -2.22. The fraction of sp³-hybridized carbons (Fsp3) is 0.571. The number of likely N-dealkylation sites (N-methyl/N-ethyl adjacent to an activating group) is 1. The first kappa shape index (κ1) is 16.2. The SMILES string of the molecule is COc1ccnc([N+]2(C(C)(C)C)CC(C(=O)[O-])N(C)C2=O)n1. The van der Waals surface area contributed by atoms with Crippen LogP contribution in [0.4, 0.5) is 10.7 Å². The Morgan fingerprint density at radius 2 is 2.14 bits per heavy atom. The van der Waals surface area contributed by atoms with Gasteiger partial charge in [0.2, 0.25) is 5.88 Å². The van der Waals surface area contributed by atoms with Gasteiger partial charge in [-0.3, -0.25) is 4.90 Å². The number of hydrogen-bond donors (Lipinski definition) is 0. The highest BCUT2D eigenvalue weighted by Gasteiger charge is 2.61. The van der Waals surface area contributed by atoms with E-state index >= 15 is 0 Å². The molecule has 0 aromatic carbocycles. The fourth-order valence-corrected chi connectivity index (χ4v) is 2.75. The van der Waals surface area contributed by atoms with Gasteiger partial charge in [-0.05, 0) is 20.8 Å². The molecular formula is C14H20N4O4. The Balaban J connectivity index is 2.65. The average Bonchev–Trinajstić information content (AvgIpc) is 2.72. The van der Waals surface area contributed by atoms with E-state index in [4.69, 9.17) is 4.74 Å². The number of rotatable bonds is 3. The van der Waals surface area contributed by atoms with Crippen molar-refractivity contribution < 1.29 is 19.4 Å². The topological polar surface area (TPSA) is 95.5 Å². The highest BCUT2D eigenvalue weighted by molar-refractivity contribution is 5.94. The number of carboxylic acids is 1. The lowest BCUT2D eigenvalue weighted by atomic mass is 10.0. The number of amides is 2. The molecule has 0 spiro atoms. The van der Waals surface area contributed by atoms with E-state index in [1.165, 1.54) is 25.3 Å². The predicted molar refractivity (Wildman–Crippen MR) is 77.0 cm³/mol. The normalized spacial score (nSPS) is 25.4. The highest BCUT2D eigenvalue weighted by atomic mass is 16.5. The Morgan fingerprint density at radius 3 is 2.59 bits per heavy atom. The first-order valence-corrected chi connectivity index (χ1v) is 6.89. The lowest BCUT2D eigenvalue weighted by Gasteiger charge is -2.39. The number of nitrogens with zero attached hydrogens (tertiary/aromatic N) is 4. The number of carbonyl (C=O) groups excluding carboxylic acids is 2. The molecule has 8 nitrogen and oxygen atoms in total. The smallest absolute Gasteiger partial charge is 0.427 e. The van der Waals surface area contributed by atoms with E-state index in [-0.39, 0.29) is 23.0 Å². The summed E-state index contributed by atoms with van der Waals surface area (Å²) < 4.78 is 4.79. The van der Waals surface area contributed by atoms with Crippen molar-refractivity contribution in [2.45, 2.75) is 32.4 Å². The molecule has 0 radical (unpaired) electrons. The van der Waals surface area contributed by atoms with Crippen LogP contribution in [0, 0.1) is 0 Å². The molecule has 22 heavy (non-hydrogen) atoms. The Labute approximate surface area is 128 Å². The third-order valence-corrected chi connectivity index (χ3v) is 4.13. The minimum atomic E-state index is -1.29. The molecule has 1 fully saturated rings. The molecule has 0 saturated carbocycles. The summed E-state index contributed by atoms with van der Waals surface area (Å²) in [5.41, 5.74) is -0.637. The van der Waals surface area contributed by atoms with Gasteiger partial charge in [0.05, 0.1) is 13.1 Å². The van der Waals surface area contributed by atoms with Crippen LogP contribution in [0.1, 0.15) is 20.8 Å². The molecule has 0 bridgehead atoms. The zero-order valence-corrected chi connectivity index (χ0v) is 13.4. The van der Waals surface area contributed by atoms with Crippen LogP contribution in [0.15, 0.2) is 12.3 Å². The third-order valence-electron chi connectivity index (χ3n) is 4.13. The van der Waals surface area contributed by atoms with Crippen LogP contribution in [0.2, 0.25) is 0 Å². The number of carbonyl (C=O) groups is 2. The summed E-state index contributed by atoms with van der Waals surface area (Å²) in [5, 5.41) is 11.3. The number of quaternary nitrogens is 1. The van der Waals surface area contributed by atoms with Crippen molar-refractivity contribution >= 4 is 17.9 Å². The van der Waals surface area contributed by atoms with E-state index in [9.17, 15) is 14.7 Å².